The second-order valence-electron chi connectivity index (χ2n) is 6.89. The lowest BCUT2D eigenvalue weighted by Gasteiger charge is -2.07. The van der Waals surface area contributed by atoms with E-state index in [-0.39, 0.29) is 5.91 Å². The molecule has 6 heteroatoms. The summed E-state index contributed by atoms with van der Waals surface area (Å²) in [6, 6.07) is 17.5. The summed E-state index contributed by atoms with van der Waals surface area (Å²) < 4.78 is 0. The number of rotatable bonds is 4. The third-order valence-corrected chi connectivity index (χ3v) is 5.56. The molecule has 142 valence electrons. The Hall–Kier alpha value is -3.56. The van der Waals surface area contributed by atoms with E-state index >= 15 is 0 Å². The van der Waals surface area contributed by atoms with E-state index in [1.807, 2.05) is 50.2 Å². The van der Waals surface area contributed by atoms with Gasteiger partial charge in [0.15, 0.2) is 5.13 Å². The zero-order chi connectivity index (χ0) is 20.4. The molecule has 29 heavy (non-hydrogen) atoms. The highest BCUT2D eigenvalue weighted by atomic mass is 32.1. The minimum Gasteiger partial charge on any atom is -0.298 e. The maximum Gasteiger partial charge on any atom is 0.259 e. The van der Waals surface area contributed by atoms with Gasteiger partial charge in [-0.15, -0.1) is 11.3 Å². The summed E-state index contributed by atoms with van der Waals surface area (Å²) in [4.78, 5) is 22.7. The van der Waals surface area contributed by atoms with Gasteiger partial charge in [0.1, 0.15) is 0 Å². The van der Waals surface area contributed by atoms with E-state index in [0.29, 0.717) is 28.4 Å². The predicted molar refractivity (Wildman–Crippen MR) is 115 cm³/mol. The van der Waals surface area contributed by atoms with Crippen LogP contribution in [0.4, 0.5) is 5.13 Å². The quantitative estimate of drug-likeness (QED) is 0.523. The second kappa shape index (κ2) is 7.82. The summed E-state index contributed by atoms with van der Waals surface area (Å²) in [5, 5.41) is 13.3. The van der Waals surface area contributed by atoms with E-state index in [0.717, 1.165) is 26.9 Å². The zero-order valence-corrected chi connectivity index (χ0v) is 16.9. The fourth-order valence-electron chi connectivity index (χ4n) is 3.11. The minimum atomic E-state index is -0.211. The first-order valence-electron chi connectivity index (χ1n) is 9.15. The van der Waals surface area contributed by atoms with Crippen LogP contribution in [0.25, 0.3) is 10.9 Å². The Morgan fingerprint density at radius 3 is 2.69 bits per heavy atom. The van der Waals surface area contributed by atoms with Gasteiger partial charge < -0.3 is 0 Å². The van der Waals surface area contributed by atoms with Crippen molar-refractivity contribution < 1.29 is 4.79 Å². The molecule has 4 rings (SSSR count). The van der Waals surface area contributed by atoms with Crippen LogP contribution in [0.1, 0.15) is 37.6 Å². The van der Waals surface area contributed by atoms with Crippen molar-refractivity contribution in [3.63, 3.8) is 0 Å². The molecule has 2 heterocycles. The molecule has 2 aromatic carbocycles. The van der Waals surface area contributed by atoms with Crippen LogP contribution in [0.2, 0.25) is 0 Å². The molecule has 1 amide bonds. The summed E-state index contributed by atoms with van der Waals surface area (Å²) in [5.74, 6) is -0.211. The number of carbonyl (C=O) groups excluding carboxylic acids is 1. The standard InChI is InChI=1S/C23H18N4OS/c1-14-3-8-18-11-20(15(2)26-21(18)9-14)22(28)27-23-25-13-19(29-23)10-16-4-6-17(12-24)7-5-16/h3-9,11,13H,10H2,1-2H3,(H,25,27,28). The first-order chi connectivity index (χ1) is 14.0. The van der Waals surface area contributed by atoms with Crippen LogP contribution in [0.5, 0.6) is 0 Å². The molecule has 0 spiro atoms. The summed E-state index contributed by atoms with van der Waals surface area (Å²) in [5.41, 5.74) is 4.99. The van der Waals surface area contributed by atoms with E-state index in [2.05, 4.69) is 21.4 Å². The van der Waals surface area contributed by atoms with Crippen LogP contribution in [0.3, 0.4) is 0 Å². The van der Waals surface area contributed by atoms with Gasteiger partial charge in [0.05, 0.1) is 28.4 Å². The molecule has 0 radical (unpaired) electrons. The van der Waals surface area contributed by atoms with Crippen LogP contribution in [-0.2, 0) is 6.42 Å². The highest BCUT2D eigenvalue weighted by molar-refractivity contribution is 7.15. The van der Waals surface area contributed by atoms with E-state index < -0.39 is 0 Å². The van der Waals surface area contributed by atoms with Crippen molar-refractivity contribution in [3.05, 3.63) is 87.6 Å². The molecule has 0 aliphatic rings. The van der Waals surface area contributed by atoms with Gasteiger partial charge in [0, 0.05) is 22.9 Å². The van der Waals surface area contributed by atoms with Crippen LogP contribution >= 0.6 is 11.3 Å². The van der Waals surface area contributed by atoms with Crippen molar-refractivity contribution in [3.8, 4) is 6.07 Å². The van der Waals surface area contributed by atoms with Gasteiger partial charge in [-0.3, -0.25) is 15.1 Å². The van der Waals surface area contributed by atoms with E-state index in [4.69, 9.17) is 5.26 Å². The monoisotopic (exact) mass is 398 g/mol. The fourth-order valence-corrected chi connectivity index (χ4v) is 3.95. The Kier molecular flexibility index (Phi) is 5.07. The Labute approximate surface area is 172 Å². The van der Waals surface area contributed by atoms with Crippen molar-refractivity contribution in [2.24, 2.45) is 0 Å². The molecule has 0 atom stereocenters. The van der Waals surface area contributed by atoms with Crippen molar-refractivity contribution >= 4 is 33.3 Å². The van der Waals surface area contributed by atoms with Crippen molar-refractivity contribution in [1.29, 1.82) is 5.26 Å². The van der Waals surface area contributed by atoms with Gasteiger partial charge in [-0.25, -0.2) is 4.98 Å². The summed E-state index contributed by atoms with van der Waals surface area (Å²) in [6.07, 6.45) is 2.47. The summed E-state index contributed by atoms with van der Waals surface area (Å²) in [6.45, 7) is 3.86. The molecular formula is C23H18N4OS. The highest BCUT2D eigenvalue weighted by Gasteiger charge is 2.14. The molecule has 0 saturated carbocycles. The van der Waals surface area contributed by atoms with Crippen molar-refractivity contribution in [1.82, 2.24) is 9.97 Å². The molecule has 0 aliphatic carbocycles. The molecule has 0 bridgehead atoms. The number of amides is 1. The van der Waals surface area contributed by atoms with Crippen LogP contribution in [0, 0.1) is 25.2 Å². The lowest BCUT2D eigenvalue weighted by molar-refractivity contribution is 0.102. The number of fused-ring (bicyclic) bond motifs is 1. The number of nitriles is 1. The molecular weight excluding hydrogens is 380 g/mol. The average Bonchev–Trinajstić information content (AvgIpc) is 3.14. The predicted octanol–water partition coefficient (Wildman–Crippen LogP) is 5.02. The molecule has 0 saturated heterocycles. The van der Waals surface area contributed by atoms with E-state index in [1.165, 1.54) is 11.3 Å². The number of carbonyl (C=O) groups is 1. The van der Waals surface area contributed by atoms with E-state index in [1.54, 1.807) is 18.3 Å². The lowest BCUT2D eigenvalue weighted by Crippen LogP contribution is -2.14. The number of hydrogen-bond acceptors (Lipinski definition) is 5. The minimum absolute atomic E-state index is 0.211. The number of hydrogen-bond donors (Lipinski definition) is 1. The van der Waals surface area contributed by atoms with Crippen LogP contribution in [0.15, 0.2) is 54.7 Å². The van der Waals surface area contributed by atoms with Gasteiger partial charge in [0.25, 0.3) is 5.91 Å². The number of aromatic nitrogens is 2. The Bertz CT molecular complexity index is 1250. The average molecular weight is 398 g/mol. The van der Waals surface area contributed by atoms with Gasteiger partial charge >= 0.3 is 0 Å². The van der Waals surface area contributed by atoms with Gasteiger partial charge in [-0.05, 0) is 49.2 Å². The molecule has 0 unspecified atom stereocenters. The topological polar surface area (TPSA) is 78.7 Å². The lowest BCUT2D eigenvalue weighted by atomic mass is 10.1. The van der Waals surface area contributed by atoms with Crippen LogP contribution in [-0.4, -0.2) is 15.9 Å². The number of anilines is 1. The number of thiazole rings is 1. The molecule has 5 nitrogen and oxygen atoms in total. The largest absolute Gasteiger partial charge is 0.298 e. The van der Waals surface area contributed by atoms with Gasteiger partial charge in [-0.2, -0.15) is 5.26 Å². The molecule has 4 aromatic rings. The van der Waals surface area contributed by atoms with Crippen molar-refractivity contribution in [2.45, 2.75) is 20.3 Å². The third kappa shape index (κ3) is 4.15. The number of pyridine rings is 1. The zero-order valence-electron chi connectivity index (χ0n) is 16.1. The fraction of sp³-hybridized carbons (Fsp3) is 0.130. The van der Waals surface area contributed by atoms with Gasteiger partial charge in [0.2, 0.25) is 0 Å². The third-order valence-electron chi connectivity index (χ3n) is 4.64. The molecule has 0 aliphatic heterocycles. The summed E-state index contributed by atoms with van der Waals surface area (Å²) >= 11 is 1.44. The first kappa shape index (κ1) is 18.8. The van der Waals surface area contributed by atoms with Crippen molar-refractivity contribution in [2.75, 3.05) is 5.32 Å². The first-order valence-corrected chi connectivity index (χ1v) is 9.96. The molecule has 1 N–H and O–H groups in total. The highest BCUT2D eigenvalue weighted by Crippen LogP contribution is 2.23. The second-order valence-corrected chi connectivity index (χ2v) is 8.00. The van der Waals surface area contributed by atoms with Crippen LogP contribution < -0.4 is 5.32 Å². The summed E-state index contributed by atoms with van der Waals surface area (Å²) in [7, 11) is 0. The normalized spacial score (nSPS) is 10.7. The maximum atomic E-state index is 12.8. The number of nitrogens with one attached hydrogen (secondary N) is 1. The Balaban J connectivity index is 1.50. The molecule has 2 aromatic heterocycles. The van der Waals surface area contributed by atoms with Gasteiger partial charge in [-0.1, -0.05) is 24.3 Å². The Morgan fingerprint density at radius 1 is 1.14 bits per heavy atom. The Morgan fingerprint density at radius 2 is 1.93 bits per heavy atom. The smallest absolute Gasteiger partial charge is 0.259 e. The maximum absolute atomic E-state index is 12.8. The number of nitrogens with zero attached hydrogens (tertiary/aromatic N) is 3. The number of benzene rings is 2. The SMILES string of the molecule is Cc1ccc2cc(C(=O)Nc3ncc(Cc4ccc(C#N)cc4)s3)c(C)nc2c1. The van der Waals surface area contributed by atoms with E-state index in [9.17, 15) is 4.79 Å². The number of aryl methyl sites for hydroxylation is 2. The molecule has 0 fully saturated rings.